The predicted octanol–water partition coefficient (Wildman–Crippen LogP) is 3.69. The summed E-state index contributed by atoms with van der Waals surface area (Å²) in [6.45, 7) is 0. The van der Waals surface area contributed by atoms with Crippen LogP contribution in [0.25, 0.3) is 0 Å². The van der Waals surface area contributed by atoms with Gasteiger partial charge in [-0.3, -0.25) is 9.52 Å². The van der Waals surface area contributed by atoms with Crippen LogP contribution >= 0.6 is 0 Å². The van der Waals surface area contributed by atoms with Crippen molar-refractivity contribution in [2.24, 2.45) is 0 Å². The van der Waals surface area contributed by atoms with Crippen LogP contribution in [0.15, 0.2) is 71.6 Å². The van der Waals surface area contributed by atoms with E-state index in [1.165, 1.54) is 32.4 Å². The summed E-state index contributed by atoms with van der Waals surface area (Å²) < 4.78 is 44.0. The number of ether oxygens (including phenoxy) is 3. The number of hydrogen-bond acceptors (Lipinski definition) is 6. The van der Waals surface area contributed by atoms with E-state index in [2.05, 4.69) is 10.0 Å². The van der Waals surface area contributed by atoms with Crippen LogP contribution in [0.2, 0.25) is 0 Å². The van der Waals surface area contributed by atoms with Gasteiger partial charge in [0.1, 0.15) is 17.2 Å². The Morgan fingerprint density at radius 3 is 2.12 bits per heavy atom. The standard InChI is InChI=1S/C23H24N2O6S/c1-29-17-10-8-16(9-11-17)14-23(26)24-20-15-18(12-13-22(20)31-3)32(27,28)25-19-6-4-5-7-21(19)30-2/h4-13,15,25H,14H2,1-3H3,(H,24,26). The third-order valence-electron chi connectivity index (χ3n) is 4.63. The number of benzene rings is 3. The SMILES string of the molecule is COc1ccc(CC(=O)Nc2cc(S(=O)(=O)Nc3ccccc3OC)ccc2OC)cc1. The zero-order valence-electron chi connectivity index (χ0n) is 17.9. The summed E-state index contributed by atoms with van der Waals surface area (Å²) in [7, 11) is 0.516. The first kappa shape index (κ1) is 23.0. The molecule has 0 aliphatic carbocycles. The van der Waals surface area contributed by atoms with Gasteiger partial charge in [0.15, 0.2) is 0 Å². The predicted molar refractivity (Wildman–Crippen MR) is 122 cm³/mol. The minimum Gasteiger partial charge on any atom is -0.497 e. The van der Waals surface area contributed by atoms with Gasteiger partial charge in [0.05, 0.1) is 44.0 Å². The fourth-order valence-corrected chi connectivity index (χ4v) is 4.10. The molecule has 0 spiro atoms. The van der Waals surface area contributed by atoms with Crippen molar-refractivity contribution in [1.29, 1.82) is 0 Å². The maximum atomic E-state index is 12.9. The number of carbonyl (C=O) groups is 1. The second-order valence-electron chi connectivity index (χ2n) is 6.74. The van der Waals surface area contributed by atoms with Crippen LogP contribution in [-0.4, -0.2) is 35.7 Å². The molecule has 1 amide bonds. The minimum absolute atomic E-state index is 0.0380. The Kier molecular flexibility index (Phi) is 7.21. The molecule has 3 aromatic carbocycles. The maximum Gasteiger partial charge on any atom is 0.262 e. The molecular weight excluding hydrogens is 432 g/mol. The highest BCUT2D eigenvalue weighted by Crippen LogP contribution is 2.30. The second-order valence-corrected chi connectivity index (χ2v) is 8.42. The molecule has 0 radical (unpaired) electrons. The fraction of sp³-hybridized carbons (Fsp3) is 0.174. The normalized spacial score (nSPS) is 10.8. The number of nitrogens with one attached hydrogen (secondary N) is 2. The maximum absolute atomic E-state index is 12.9. The molecule has 0 fully saturated rings. The first-order chi connectivity index (χ1) is 15.4. The fourth-order valence-electron chi connectivity index (χ4n) is 3.01. The molecule has 0 aromatic heterocycles. The largest absolute Gasteiger partial charge is 0.497 e. The Balaban J connectivity index is 1.81. The average molecular weight is 457 g/mol. The smallest absolute Gasteiger partial charge is 0.262 e. The van der Waals surface area contributed by atoms with Crippen LogP contribution in [0.3, 0.4) is 0 Å². The van der Waals surface area contributed by atoms with Gasteiger partial charge in [-0.05, 0) is 48.0 Å². The number of methoxy groups -OCH3 is 3. The minimum atomic E-state index is -3.95. The van der Waals surface area contributed by atoms with Gasteiger partial charge in [0.25, 0.3) is 10.0 Å². The lowest BCUT2D eigenvalue weighted by Gasteiger charge is -2.14. The summed E-state index contributed by atoms with van der Waals surface area (Å²) in [6, 6.07) is 18.0. The van der Waals surface area contributed by atoms with E-state index < -0.39 is 10.0 Å². The van der Waals surface area contributed by atoms with Crippen molar-refractivity contribution in [2.45, 2.75) is 11.3 Å². The Morgan fingerprint density at radius 2 is 1.47 bits per heavy atom. The molecule has 0 aliphatic rings. The number of hydrogen-bond donors (Lipinski definition) is 2. The van der Waals surface area contributed by atoms with E-state index in [1.807, 2.05) is 0 Å². The summed E-state index contributed by atoms with van der Waals surface area (Å²) in [4.78, 5) is 12.5. The van der Waals surface area contributed by atoms with E-state index >= 15 is 0 Å². The lowest BCUT2D eigenvalue weighted by molar-refractivity contribution is -0.115. The molecule has 9 heteroatoms. The molecule has 32 heavy (non-hydrogen) atoms. The highest BCUT2D eigenvalue weighted by Gasteiger charge is 2.19. The lowest BCUT2D eigenvalue weighted by Crippen LogP contribution is -2.17. The van der Waals surface area contributed by atoms with Gasteiger partial charge < -0.3 is 19.5 Å². The van der Waals surface area contributed by atoms with E-state index in [0.29, 0.717) is 22.9 Å². The average Bonchev–Trinajstić information content (AvgIpc) is 2.79. The van der Waals surface area contributed by atoms with E-state index in [0.717, 1.165) is 5.56 Å². The molecule has 0 unspecified atom stereocenters. The number of sulfonamides is 1. The third-order valence-corrected chi connectivity index (χ3v) is 5.99. The van der Waals surface area contributed by atoms with Gasteiger partial charge in [-0.1, -0.05) is 24.3 Å². The highest BCUT2D eigenvalue weighted by atomic mass is 32.2. The summed E-state index contributed by atoms with van der Waals surface area (Å²) in [5, 5.41) is 2.73. The molecule has 0 heterocycles. The van der Waals surface area contributed by atoms with Crippen LogP contribution in [-0.2, 0) is 21.2 Å². The Labute approximate surface area is 187 Å². The summed E-state index contributed by atoms with van der Waals surface area (Å²) in [5.74, 6) is 1.10. The summed E-state index contributed by atoms with van der Waals surface area (Å²) in [6.07, 6.45) is 0.101. The van der Waals surface area contributed by atoms with Crippen molar-refractivity contribution in [3.63, 3.8) is 0 Å². The van der Waals surface area contributed by atoms with Gasteiger partial charge in [0, 0.05) is 0 Å². The molecule has 168 valence electrons. The van der Waals surface area contributed by atoms with Crippen molar-refractivity contribution >= 4 is 27.3 Å². The molecular formula is C23H24N2O6S. The molecule has 0 aliphatic heterocycles. The van der Waals surface area contributed by atoms with Gasteiger partial charge >= 0.3 is 0 Å². The molecule has 8 nitrogen and oxygen atoms in total. The molecule has 0 bridgehead atoms. The van der Waals surface area contributed by atoms with E-state index in [4.69, 9.17) is 14.2 Å². The van der Waals surface area contributed by atoms with E-state index in [1.54, 1.807) is 55.6 Å². The number of rotatable bonds is 9. The van der Waals surface area contributed by atoms with Crippen molar-refractivity contribution in [2.75, 3.05) is 31.4 Å². The van der Waals surface area contributed by atoms with Gasteiger partial charge in [-0.25, -0.2) is 8.42 Å². The molecule has 0 saturated heterocycles. The Hall–Kier alpha value is -3.72. The monoisotopic (exact) mass is 456 g/mol. The van der Waals surface area contributed by atoms with Crippen molar-refractivity contribution < 1.29 is 27.4 Å². The molecule has 3 rings (SSSR count). The summed E-state index contributed by atoms with van der Waals surface area (Å²) >= 11 is 0. The van der Waals surface area contributed by atoms with Crippen molar-refractivity contribution in [3.05, 3.63) is 72.3 Å². The Morgan fingerprint density at radius 1 is 0.812 bits per heavy atom. The summed E-state index contributed by atoms with van der Waals surface area (Å²) in [5.41, 5.74) is 1.33. The number of anilines is 2. The quantitative estimate of drug-likeness (QED) is 0.509. The zero-order chi connectivity index (χ0) is 23.1. The Bertz CT molecular complexity index is 1190. The number of carbonyl (C=O) groups excluding carboxylic acids is 1. The lowest BCUT2D eigenvalue weighted by atomic mass is 10.1. The number of amides is 1. The first-order valence-electron chi connectivity index (χ1n) is 9.63. The van der Waals surface area contributed by atoms with Crippen LogP contribution in [0.1, 0.15) is 5.56 Å². The van der Waals surface area contributed by atoms with Gasteiger partial charge in [-0.2, -0.15) is 0 Å². The van der Waals surface area contributed by atoms with Gasteiger partial charge in [0.2, 0.25) is 5.91 Å². The van der Waals surface area contributed by atoms with Crippen molar-refractivity contribution in [3.8, 4) is 17.2 Å². The molecule has 3 aromatic rings. The second kappa shape index (κ2) is 10.1. The highest BCUT2D eigenvalue weighted by molar-refractivity contribution is 7.92. The van der Waals surface area contributed by atoms with Crippen molar-refractivity contribution in [1.82, 2.24) is 0 Å². The van der Waals surface area contributed by atoms with Crippen LogP contribution in [0.4, 0.5) is 11.4 Å². The molecule has 2 N–H and O–H groups in total. The number of para-hydroxylation sites is 2. The van der Waals surface area contributed by atoms with Crippen LogP contribution < -0.4 is 24.2 Å². The zero-order valence-corrected chi connectivity index (χ0v) is 18.7. The molecule has 0 saturated carbocycles. The third kappa shape index (κ3) is 5.50. The van der Waals surface area contributed by atoms with Gasteiger partial charge in [-0.15, -0.1) is 0 Å². The topological polar surface area (TPSA) is 103 Å². The van der Waals surface area contributed by atoms with E-state index in [9.17, 15) is 13.2 Å². The van der Waals surface area contributed by atoms with Crippen LogP contribution in [0.5, 0.6) is 17.2 Å². The molecule has 0 atom stereocenters. The van der Waals surface area contributed by atoms with E-state index in [-0.39, 0.29) is 22.9 Å². The first-order valence-corrected chi connectivity index (χ1v) is 11.1. The van der Waals surface area contributed by atoms with Crippen LogP contribution in [0, 0.1) is 0 Å².